The third-order valence-corrected chi connectivity index (χ3v) is 3.22. The summed E-state index contributed by atoms with van der Waals surface area (Å²) >= 11 is 6.04. The average Bonchev–Trinajstić information content (AvgIpc) is 2.86. The molecule has 2 rings (SSSR count). The third-order valence-electron chi connectivity index (χ3n) is 2.85. The van der Waals surface area contributed by atoms with Crippen LogP contribution in [0.3, 0.4) is 0 Å². The summed E-state index contributed by atoms with van der Waals surface area (Å²) in [7, 11) is 0. The molecule has 1 aromatic carbocycles. The predicted octanol–water partition coefficient (Wildman–Crippen LogP) is 3.64. The summed E-state index contributed by atoms with van der Waals surface area (Å²) < 4.78 is 1.83. The van der Waals surface area contributed by atoms with E-state index >= 15 is 0 Å². The van der Waals surface area contributed by atoms with Gasteiger partial charge in [-0.25, -0.2) is 0 Å². The van der Waals surface area contributed by atoms with Gasteiger partial charge in [0.2, 0.25) is 0 Å². The van der Waals surface area contributed by atoms with Crippen LogP contribution in [0.15, 0.2) is 30.6 Å². The Labute approximate surface area is 121 Å². The van der Waals surface area contributed by atoms with E-state index in [2.05, 4.69) is 10.4 Å². The van der Waals surface area contributed by atoms with Crippen LogP contribution in [0.25, 0.3) is 0 Å². The van der Waals surface area contributed by atoms with Crippen molar-refractivity contribution in [1.29, 1.82) is 0 Å². The molecule has 0 fully saturated rings. The lowest BCUT2D eigenvalue weighted by Crippen LogP contribution is -2.02. The summed E-state index contributed by atoms with van der Waals surface area (Å²) in [6.45, 7) is 4.48. The van der Waals surface area contributed by atoms with Gasteiger partial charge in [0.15, 0.2) is 0 Å². The minimum Gasteiger partial charge on any atom is -0.378 e. The fourth-order valence-corrected chi connectivity index (χ4v) is 1.90. The highest BCUT2D eigenvalue weighted by atomic mass is 35.5. The molecule has 6 nitrogen and oxygen atoms in total. The molecule has 0 saturated heterocycles. The molecule has 0 saturated carbocycles. The number of nitro benzene ring substituents is 1. The summed E-state index contributed by atoms with van der Waals surface area (Å²) in [6.07, 6.45) is 3.60. The van der Waals surface area contributed by atoms with Gasteiger partial charge in [-0.15, -0.1) is 0 Å². The van der Waals surface area contributed by atoms with Crippen LogP contribution in [0.5, 0.6) is 0 Å². The van der Waals surface area contributed by atoms with Crippen molar-refractivity contribution < 1.29 is 4.92 Å². The van der Waals surface area contributed by atoms with E-state index in [1.54, 1.807) is 6.20 Å². The molecule has 0 amide bonds. The molecule has 1 aromatic heterocycles. The molecule has 20 heavy (non-hydrogen) atoms. The van der Waals surface area contributed by atoms with Gasteiger partial charge in [-0.2, -0.15) is 5.10 Å². The first-order chi connectivity index (χ1) is 9.47. The van der Waals surface area contributed by atoms with Crippen molar-refractivity contribution in [3.63, 3.8) is 0 Å². The second-order valence-electron chi connectivity index (χ2n) is 4.69. The van der Waals surface area contributed by atoms with Gasteiger partial charge >= 0.3 is 0 Å². The van der Waals surface area contributed by atoms with Crippen LogP contribution in [-0.4, -0.2) is 14.7 Å². The zero-order valence-electron chi connectivity index (χ0n) is 11.2. The fourth-order valence-electron chi connectivity index (χ4n) is 1.72. The van der Waals surface area contributed by atoms with Crippen molar-refractivity contribution in [2.24, 2.45) is 0 Å². The highest BCUT2D eigenvalue weighted by molar-refractivity contribution is 6.31. The number of hydrogen-bond donors (Lipinski definition) is 1. The molecular weight excluding hydrogens is 280 g/mol. The van der Waals surface area contributed by atoms with Crippen molar-refractivity contribution in [3.05, 3.63) is 51.3 Å². The van der Waals surface area contributed by atoms with E-state index in [1.807, 2.05) is 24.7 Å². The van der Waals surface area contributed by atoms with Gasteiger partial charge in [-0.1, -0.05) is 11.6 Å². The molecule has 106 valence electrons. The number of rotatable bonds is 5. The van der Waals surface area contributed by atoms with Crippen molar-refractivity contribution >= 4 is 23.0 Å². The van der Waals surface area contributed by atoms with Crippen LogP contribution in [0, 0.1) is 10.1 Å². The molecule has 7 heteroatoms. The van der Waals surface area contributed by atoms with Gasteiger partial charge in [-0.05, 0) is 25.5 Å². The highest BCUT2D eigenvalue weighted by Gasteiger charge is 2.10. The zero-order valence-corrected chi connectivity index (χ0v) is 12.0. The predicted molar refractivity (Wildman–Crippen MR) is 78.0 cm³/mol. The second kappa shape index (κ2) is 5.92. The number of nitro groups is 1. The zero-order chi connectivity index (χ0) is 14.7. The highest BCUT2D eigenvalue weighted by Crippen LogP contribution is 2.23. The van der Waals surface area contributed by atoms with Crippen LogP contribution in [-0.2, 0) is 6.54 Å². The summed E-state index contributed by atoms with van der Waals surface area (Å²) in [6, 6.07) is 4.69. The van der Waals surface area contributed by atoms with Crippen molar-refractivity contribution in [3.8, 4) is 0 Å². The van der Waals surface area contributed by atoms with E-state index in [4.69, 9.17) is 11.6 Å². The van der Waals surface area contributed by atoms with Crippen molar-refractivity contribution in [2.75, 3.05) is 5.32 Å². The summed E-state index contributed by atoms with van der Waals surface area (Å²) in [5.41, 5.74) is 1.56. The van der Waals surface area contributed by atoms with Crippen LogP contribution in [0.1, 0.15) is 25.5 Å². The molecule has 2 aromatic rings. The maximum Gasteiger partial charge on any atom is 0.269 e. The number of nitrogens with one attached hydrogen (secondary N) is 1. The van der Waals surface area contributed by atoms with Crippen LogP contribution >= 0.6 is 11.6 Å². The van der Waals surface area contributed by atoms with Gasteiger partial charge in [0.25, 0.3) is 5.69 Å². The smallest absolute Gasteiger partial charge is 0.269 e. The summed E-state index contributed by atoms with van der Waals surface area (Å²) in [4.78, 5) is 10.3. The molecule has 1 heterocycles. The fraction of sp³-hybridized carbons (Fsp3) is 0.308. The first-order valence-electron chi connectivity index (χ1n) is 6.18. The number of nitrogens with zero attached hydrogens (tertiary/aromatic N) is 3. The molecule has 0 aliphatic rings. The van der Waals surface area contributed by atoms with Crippen LogP contribution < -0.4 is 5.32 Å². The Hall–Kier alpha value is -2.08. The standard InChI is InChI=1S/C13H15ClN4O2/c1-9(2)17-8-11(7-16-17)15-6-10-5-12(18(19)20)3-4-13(10)14/h3-5,7-9,15H,6H2,1-2H3. The Morgan fingerprint density at radius 3 is 2.85 bits per heavy atom. The largest absolute Gasteiger partial charge is 0.378 e. The van der Waals surface area contributed by atoms with E-state index in [0.29, 0.717) is 17.1 Å². The first kappa shape index (κ1) is 14.3. The number of anilines is 1. The number of benzene rings is 1. The number of hydrogen-bond acceptors (Lipinski definition) is 4. The van der Waals surface area contributed by atoms with Crippen molar-refractivity contribution in [2.45, 2.75) is 26.4 Å². The van der Waals surface area contributed by atoms with Gasteiger partial charge in [0, 0.05) is 35.9 Å². The van der Waals surface area contributed by atoms with Crippen molar-refractivity contribution in [1.82, 2.24) is 9.78 Å². The average molecular weight is 295 g/mol. The molecule has 0 aliphatic carbocycles. The molecule has 0 aliphatic heterocycles. The number of aromatic nitrogens is 2. The molecular formula is C13H15ClN4O2. The van der Waals surface area contributed by atoms with Gasteiger partial charge in [0.05, 0.1) is 16.8 Å². The molecule has 0 radical (unpaired) electrons. The number of non-ortho nitro benzene ring substituents is 1. The summed E-state index contributed by atoms with van der Waals surface area (Å²) in [5.74, 6) is 0. The Morgan fingerprint density at radius 1 is 1.50 bits per heavy atom. The maximum atomic E-state index is 10.7. The van der Waals surface area contributed by atoms with Gasteiger partial charge < -0.3 is 5.32 Å². The second-order valence-corrected chi connectivity index (χ2v) is 5.10. The normalized spacial score (nSPS) is 10.8. The lowest BCUT2D eigenvalue weighted by atomic mass is 10.2. The lowest BCUT2D eigenvalue weighted by Gasteiger charge is -2.06. The molecule has 0 spiro atoms. The minimum atomic E-state index is -0.434. The Balaban J connectivity index is 2.09. The first-order valence-corrected chi connectivity index (χ1v) is 6.56. The molecule has 0 bridgehead atoms. The number of halogens is 1. The Bertz CT molecular complexity index is 625. The Morgan fingerprint density at radius 2 is 2.25 bits per heavy atom. The topological polar surface area (TPSA) is 73.0 Å². The van der Waals surface area contributed by atoms with E-state index in [9.17, 15) is 10.1 Å². The van der Waals surface area contributed by atoms with Crippen LogP contribution in [0.2, 0.25) is 5.02 Å². The Kier molecular flexibility index (Phi) is 4.24. The monoisotopic (exact) mass is 294 g/mol. The van der Waals surface area contributed by atoms with Crippen LogP contribution in [0.4, 0.5) is 11.4 Å². The van der Waals surface area contributed by atoms with E-state index in [-0.39, 0.29) is 11.7 Å². The van der Waals surface area contributed by atoms with E-state index in [0.717, 1.165) is 5.69 Å². The SMILES string of the molecule is CC(C)n1cc(NCc2cc([N+](=O)[O-])ccc2Cl)cn1. The van der Waals surface area contributed by atoms with Gasteiger partial charge in [0.1, 0.15) is 0 Å². The quantitative estimate of drug-likeness (QED) is 0.675. The molecule has 0 unspecified atom stereocenters. The van der Waals surface area contributed by atoms with E-state index in [1.165, 1.54) is 18.2 Å². The maximum absolute atomic E-state index is 10.7. The van der Waals surface area contributed by atoms with Gasteiger partial charge in [-0.3, -0.25) is 14.8 Å². The summed E-state index contributed by atoms with van der Waals surface area (Å²) in [5, 5.41) is 18.6. The third kappa shape index (κ3) is 3.27. The van der Waals surface area contributed by atoms with E-state index < -0.39 is 4.92 Å². The molecule has 0 atom stereocenters. The molecule has 1 N–H and O–H groups in total. The lowest BCUT2D eigenvalue weighted by molar-refractivity contribution is -0.384. The minimum absolute atomic E-state index is 0.0316.